The first kappa shape index (κ1) is 13.3. The van der Waals surface area contributed by atoms with E-state index in [2.05, 4.69) is 10.6 Å². The first-order chi connectivity index (χ1) is 8.70. The van der Waals surface area contributed by atoms with Gasteiger partial charge in [0.15, 0.2) is 0 Å². The Balaban J connectivity index is 1.86. The van der Waals surface area contributed by atoms with Gasteiger partial charge in [-0.1, -0.05) is 0 Å². The highest BCUT2D eigenvalue weighted by Crippen LogP contribution is 2.15. The molecule has 2 aliphatic rings. The van der Waals surface area contributed by atoms with Crippen LogP contribution in [0.1, 0.15) is 32.6 Å². The van der Waals surface area contributed by atoms with E-state index in [4.69, 9.17) is 0 Å². The summed E-state index contributed by atoms with van der Waals surface area (Å²) in [6, 6.07) is -0.283. The Morgan fingerprint density at radius 2 is 2.28 bits per heavy atom. The highest BCUT2D eigenvalue weighted by atomic mass is 16.2. The molecule has 2 heterocycles. The number of nitrogens with one attached hydrogen (secondary N) is 2. The Kier molecular flexibility index (Phi) is 4.58. The number of piperidine rings is 1. The Hall–Kier alpha value is -1.10. The Morgan fingerprint density at radius 1 is 1.44 bits per heavy atom. The molecule has 2 fully saturated rings. The summed E-state index contributed by atoms with van der Waals surface area (Å²) in [7, 11) is 0. The Morgan fingerprint density at radius 3 is 2.83 bits per heavy atom. The van der Waals surface area contributed by atoms with E-state index in [-0.39, 0.29) is 17.9 Å². The number of hydrogen-bond donors (Lipinski definition) is 2. The molecule has 5 heteroatoms. The van der Waals surface area contributed by atoms with Gasteiger partial charge in [0.1, 0.15) is 6.04 Å². The van der Waals surface area contributed by atoms with E-state index in [0.717, 1.165) is 26.2 Å². The molecule has 0 bridgehead atoms. The number of carbonyl (C=O) groups excluding carboxylic acids is 2. The summed E-state index contributed by atoms with van der Waals surface area (Å²) < 4.78 is 0. The standard InChI is InChI=1S/C13H23N3O2/c1-2-16(9-10-4-3-7-14-8-10)13(18)11-5-6-12(17)15-11/h10-11,14H,2-9H2,1H3,(H,15,17). The van der Waals surface area contributed by atoms with Crippen LogP contribution in [0.4, 0.5) is 0 Å². The Labute approximate surface area is 108 Å². The molecule has 0 aromatic rings. The van der Waals surface area contributed by atoms with Crippen LogP contribution in [0.2, 0.25) is 0 Å². The van der Waals surface area contributed by atoms with Crippen LogP contribution in [-0.4, -0.2) is 48.9 Å². The number of amides is 2. The van der Waals surface area contributed by atoms with Crippen LogP contribution in [0.5, 0.6) is 0 Å². The normalized spacial score (nSPS) is 27.9. The molecule has 2 aliphatic heterocycles. The van der Waals surface area contributed by atoms with Crippen LogP contribution in [-0.2, 0) is 9.59 Å². The summed E-state index contributed by atoms with van der Waals surface area (Å²) in [6.07, 6.45) is 3.51. The van der Waals surface area contributed by atoms with Gasteiger partial charge >= 0.3 is 0 Å². The molecule has 2 saturated heterocycles. The molecule has 2 unspecified atom stereocenters. The monoisotopic (exact) mass is 253 g/mol. The lowest BCUT2D eigenvalue weighted by Crippen LogP contribution is -2.47. The van der Waals surface area contributed by atoms with Crippen molar-refractivity contribution in [3.8, 4) is 0 Å². The summed E-state index contributed by atoms with van der Waals surface area (Å²) in [5.41, 5.74) is 0. The summed E-state index contributed by atoms with van der Waals surface area (Å²) in [5, 5.41) is 6.13. The van der Waals surface area contributed by atoms with Crippen molar-refractivity contribution in [3.05, 3.63) is 0 Å². The first-order valence-electron chi connectivity index (χ1n) is 6.99. The van der Waals surface area contributed by atoms with E-state index in [1.807, 2.05) is 11.8 Å². The third kappa shape index (κ3) is 3.22. The topological polar surface area (TPSA) is 61.4 Å². The molecule has 2 N–H and O–H groups in total. The lowest BCUT2D eigenvalue weighted by Gasteiger charge is -2.31. The SMILES string of the molecule is CCN(CC1CCCNC1)C(=O)C1CCC(=O)N1. The molecule has 0 aromatic heterocycles. The quantitative estimate of drug-likeness (QED) is 0.748. The molecular formula is C13H23N3O2. The van der Waals surface area contributed by atoms with Crippen LogP contribution < -0.4 is 10.6 Å². The van der Waals surface area contributed by atoms with Crippen LogP contribution >= 0.6 is 0 Å². The van der Waals surface area contributed by atoms with Gasteiger partial charge < -0.3 is 15.5 Å². The van der Waals surface area contributed by atoms with Gasteiger partial charge in [-0.3, -0.25) is 9.59 Å². The van der Waals surface area contributed by atoms with Crippen molar-refractivity contribution in [1.29, 1.82) is 0 Å². The van der Waals surface area contributed by atoms with Gasteiger partial charge in [0.05, 0.1) is 0 Å². The van der Waals surface area contributed by atoms with Crippen LogP contribution in [0.25, 0.3) is 0 Å². The van der Waals surface area contributed by atoms with Crippen molar-refractivity contribution in [1.82, 2.24) is 15.5 Å². The third-order valence-corrected chi connectivity index (χ3v) is 3.86. The van der Waals surface area contributed by atoms with Crippen molar-refractivity contribution >= 4 is 11.8 Å². The van der Waals surface area contributed by atoms with Gasteiger partial charge in [-0.15, -0.1) is 0 Å². The molecule has 2 atom stereocenters. The van der Waals surface area contributed by atoms with Crippen molar-refractivity contribution in [3.63, 3.8) is 0 Å². The summed E-state index contributed by atoms with van der Waals surface area (Å²) in [4.78, 5) is 25.4. The minimum absolute atomic E-state index is 0.00346. The molecule has 0 aliphatic carbocycles. The van der Waals surface area contributed by atoms with Crippen LogP contribution in [0.15, 0.2) is 0 Å². The fourth-order valence-corrected chi connectivity index (χ4v) is 2.79. The summed E-state index contributed by atoms with van der Waals surface area (Å²) >= 11 is 0. The van der Waals surface area contributed by atoms with Crippen molar-refractivity contribution in [2.24, 2.45) is 5.92 Å². The molecule has 0 saturated carbocycles. The molecule has 0 aromatic carbocycles. The first-order valence-corrected chi connectivity index (χ1v) is 6.99. The van der Waals surface area contributed by atoms with Gasteiger partial charge in [0.2, 0.25) is 11.8 Å². The second-order valence-corrected chi connectivity index (χ2v) is 5.25. The van der Waals surface area contributed by atoms with Gasteiger partial charge in [-0.05, 0) is 45.2 Å². The molecule has 102 valence electrons. The van der Waals surface area contributed by atoms with Crippen molar-refractivity contribution in [2.75, 3.05) is 26.2 Å². The van der Waals surface area contributed by atoms with E-state index < -0.39 is 0 Å². The highest BCUT2D eigenvalue weighted by molar-refractivity contribution is 5.90. The van der Waals surface area contributed by atoms with E-state index in [1.54, 1.807) is 0 Å². The third-order valence-electron chi connectivity index (χ3n) is 3.86. The largest absolute Gasteiger partial charge is 0.344 e. The maximum Gasteiger partial charge on any atom is 0.245 e. The van der Waals surface area contributed by atoms with Crippen LogP contribution in [0, 0.1) is 5.92 Å². The minimum Gasteiger partial charge on any atom is -0.344 e. The average Bonchev–Trinajstić information content (AvgIpc) is 2.83. The van der Waals surface area contributed by atoms with Gasteiger partial charge in [-0.2, -0.15) is 0 Å². The van der Waals surface area contributed by atoms with Crippen molar-refractivity contribution in [2.45, 2.75) is 38.6 Å². The lowest BCUT2D eigenvalue weighted by atomic mass is 9.98. The second-order valence-electron chi connectivity index (χ2n) is 5.25. The van der Waals surface area contributed by atoms with E-state index in [9.17, 15) is 9.59 Å². The summed E-state index contributed by atoms with van der Waals surface area (Å²) in [5.74, 6) is 0.650. The molecule has 2 rings (SSSR count). The second kappa shape index (κ2) is 6.18. The zero-order chi connectivity index (χ0) is 13.0. The molecule has 2 amide bonds. The number of carbonyl (C=O) groups is 2. The van der Waals surface area contributed by atoms with E-state index >= 15 is 0 Å². The van der Waals surface area contributed by atoms with E-state index in [1.165, 1.54) is 12.8 Å². The molecule has 18 heavy (non-hydrogen) atoms. The van der Waals surface area contributed by atoms with Crippen LogP contribution in [0.3, 0.4) is 0 Å². The van der Waals surface area contributed by atoms with Gasteiger partial charge in [0, 0.05) is 19.5 Å². The predicted octanol–water partition coefficient (Wildman–Crippen LogP) is 0.113. The average molecular weight is 253 g/mol. The molecule has 0 radical (unpaired) electrons. The maximum absolute atomic E-state index is 12.3. The fourth-order valence-electron chi connectivity index (χ4n) is 2.79. The zero-order valence-electron chi connectivity index (χ0n) is 11.1. The predicted molar refractivity (Wildman–Crippen MR) is 69.0 cm³/mol. The number of nitrogens with zero attached hydrogens (tertiary/aromatic N) is 1. The van der Waals surface area contributed by atoms with Crippen molar-refractivity contribution < 1.29 is 9.59 Å². The molecule has 5 nitrogen and oxygen atoms in total. The summed E-state index contributed by atoms with van der Waals surface area (Å²) in [6.45, 7) is 5.64. The maximum atomic E-state index is 12.3. The number of hydrogen-bond acceptors (Lipinski definition) is 3. The Bertz CT molecular complexity index is 313. The molecule has 0 spiro atoms. The number of likely N-dealkylation sites (N-methyl/N-ethyl adjacent to an activating group) is 1. The minimum atomic E-state index is -0.283. The lowest BCUT2D eigenvalue weighted by molar-refractivity contribution is -0.134. The fraction of sp³-hybridized carbons (Fsp3) is 0.846. The van der Waals surface area contributed by atoms with E-state index in [0.29, 0.717) is 18.8 Å². The molecular weight excluding hydrogens is 230 g/mol. The highest BCUT2D eigenvalue weighted by Gasteiger charge is 2.31. The smallest absolute Gasteiger partial charge is 0.245 e. The van der Waals surface area contributed by atoms with Gasteiger partial charge in [-0.25, -0.2) is 0 Å². The van der Waals surface area contributed by atoms with Gasteiger partial charge in [0.25, 0.3) is 0 Å². The zero-order valence-corrected chi connectivity index (χ0v) is 11.1. The number of rotatable bonds is 4.